The average molecular weight is 426 g/mol. The van der Waals surface area contributed by atoms with Crippen molar-refractivity contribution in [3.05, 3.63) is 77.4 Å². The molecule has 0 amide bonds. The number of rotatable bonds is 12. The van der Waals surface area contributed by atoms with Crippen LogP contribution in [0, 0.1) is 0 Å². The molecule has 0 aromatic heterocycles. The van der Waals surface area contributed by atoms with Gasteiger partial charge < -0.3 is 19.5 Å². The minimum Gasteiger partial charge on any atom is -0.489 e. The molecule has 0 radical (unpaired) electrons. The quantitative estimate of drug-likeness (QED) is 0.414. The van der Waals surface area contributed by atoms with Gasteiger partial charge in [-0.15, -0.1) is 0 Å². The number of hydrogen-bond donors (Lipinski definition) is 1. The molecule has 0 spiro atoms. The maximum atomic E-state index is 11.9. The third-order valence-corrected chi connectivity index (χ3v) is 4.73. The molecular weight excluding hydrogens is 394 g/mol. The van der Waals surface area contributed by atoms with Gasteiger partial charge >= 0.3 is 11.9 Å². The number of carbonyl (C=O) groups excluding carboxylic acids is 1. The first-order valence-electron chi connectivity index (χ1n) is 10.4. The molecule has 0 aliphatic carbocycles. The monoisotopic (exact) mass is 425 g/mol. The summed E-state index contributed by atoms with van der Waals surface area (Å²) in [5, 5.41) is 8.66. The molecule has 2 rings (SSSR count). The zero-order valence-corrected chi connectivity index (χ0v) is 18.4. The summed E-state index contributed by atoms with van der Waals surface area (Å²) in [6.45, 7) is 2.78. The second-order valence-electron chi connectivity index (χ2n) is 7.58. The Balaban J connectivity index is 1.99. The minimum absolute atomic E-state index is 0.174. The number of carbonyl (C=O) groups is 2. The summed E-state index contributed by atoms with van der Waals surface area (Å²) in [5.41, 5.74) is 3.69. The number of aryl methyl sites for hydroxylation is 3. The van der Waals surface area contributed by atoms with Gasteiger partial charge in [0.2, 0.25) is 0 Å². The number of carboxylic acids is 1. The van der Waals surface area contributed by atoms with Gasteiger partial charge in [-0.05, 0) is 56.1 Å². The van der Waals surface area contributed by atoms with Gasteiger partial charge in [0, 0.05) is 18.7 Å². The van der Waals surface area contributed by atoms with Gasteiger partial charge in [-0.25, -0.2) is 9.59 Å². The summed E-state index contributed by atoms with van der Waals surface area (Å²) in [6, 6.07) is 16.5. The SMILES string of the molecule is CCc1ccc(CCc2ccccc2OCC(CN(C)C)OC(=O)/C=C/C(=O)O)cc1. The fourth-order valence-electron chi connectivity index (χ4n) is 3.13. The van der Waals surface area contributed by atoms with E-state index in [9.17, 15) is 9.59 Å². The highest BCUT2D eigenvalue weighted by molar-refractivity contribution is 5.90. The lowest BCUT2D eigenvalue weighted by atomic mass is 10.0. The van der Waals surface area contributed by atoms with Crippen LogP contribution < -0.4 is 4.74 Å². The van der Waals surface area contributed by atoms with Gasteiger partial charge in [0.25, 0.3) is 0 Å². The van der Waals surface area contributed by atoms with E-state index in [1.165, 1.54) is 11.1 Å². The van der Waals surface area contributed by atoms with Crippen molar-refractivity contribution in [3.63, 3.8) is 0 Å². The van der Waals surface area contributed by atoms with Crippen molar-refractivity contribution in [2.24, 2.45) is 0 Å². The van der Waals surface area contributed by atoms with E-state index in [0.717, 1.165) is 42.7 Å². The lowest BCUT2D eigenvalue weighted by Gasteiger charge is -2.22. The normalized spacial score (nSPS) is 12.1. The highest BCUT2D eigenvalue weighted by atomic mass is 16.6. The summed E-state index contributed by atoms with van der Waals surface area (Å²) < 4.78 is 11.4. The van der Waals surface area contributed by atoms with Crippen LogP contribution in [0.3, 0.4) is 0 Å². The van der Waals surface area contributed by atoms with E-state index in [1.807, 2.05) is 43.3 Å². The maximum absolute atomic E-state index is 11.9. The van der Waals surface area contributed by atoms with Crippen molar-refractivity contribution in [1.82, 2.24) is 4.90 Å². The van der Waals surface area contributed by atoms with Crippen LogP contribution in [0.2, 0.25) is 0 Å². The predicted octanol–water partition coefficient (Wildman–Crippen LogP) is 3.53. The van der Waals surface area contributed by atoms with E-state index < -0.39 is 18.0 Å². The number of hydrogen-bond acceptors (Lipinski definition) is 5. The second-order valence-corrected chi connectivity index (χ2v) is 7.58. The molecule has 1 N–H and O–H groups in total. The zero-order chi connectivity index (χ0) is 22.6. The van der Waals surface area contributed by atoms with Crippen LogP contribution in [-0.2, 0) is 33.6 Å². The van der Waals surface area contributed by atoms with Gasteiger partial charge in [-0.2, -0.15) is 0 Å². The van der Waals surface area contributed by atoms with Crippen molar-refractivity contribution in [3.8, 4) is 5.75 Å². The topological polar surface area (TPSA) is 76.1 Å². The average Bonchev–Trinajstić information content (AvgIpc) is 2.75. The zero-order valence-electron chi connectivity index (χ0n) is 18.4. The van der Waals surface area contributed by atoms with E-state index in [4.69, 9.17) is 14.6 Å². The number of nitrogens with zero attached hydrogens (tertiary/aromatic N) is 1. The molecular formula is C25H31NO5. The third-order valence-electron chi connectivity index (χ3n) is 4.73. The van der Waals surface area contributed by atoms with Crippen LogP contribution in [0.1, 0.15) is 23.6 Å². The smallest absolute Gasteiger partial charge is 0.331 e. The van der Waals surface area contributed by atoms with E-state index in [0.29, 0.717) is 6.54 Å². The number of aliphatic carboxylic acids is 1. The maximum Gasteiger partial charge on any atom is 0.331 e. The first-order valence-corrected chi connectivity index (χ1v) is 10.4. The fourth-order valence-corrected chi connectivity index (χ4v) is 3.13. The van der Waals surface area contributed by atoms with Crippen LogP contribution in [0.25, 0.3) is 0 Å². The molecule has 0 saturated carbocycles. The molecule has 31 heavy (non-hydrogen) atoms. The van der Waals surface area contributed by atoms with Gasteiger partial charge in [-0.1, -0.05) is 49.4 Å². The molecule has 0 fully saturated rings. The lowest BCUT2D eigenvalue weighted by Crippen LogP contribution is -2.34. The second kappa shape index (κ2) is 12.5. The van der Waals surface area contributed by atoms with Gasteiger partial charge in [-0.3, -0.25) is 0 Å². The van der Waals surface area contributed by atoms with Crippen LogP contribution in [-0.4, -0.2) is 55.3 Å². The van der Waals surface area contributed by atoms with E-state index >= 15 is 0 Å². The highest BCUT2D eigenvalue weighted by Crippen LogP contribution is 2.21. The van der Waals surface area contributed by atoms with Crippen molar-refractivity contribution < 1.29 is 24.2 Å². The summed E-state index contributed by atoms with van der Waals surface area (Å²) in [6.07, 6.45) is 3.90. The largest absolute Gasteiger partial charge is 0.489 e. The van der Waals surface area contributed by atoms with Gasteiger partial charge in [0.05, 0.1) is 0 Å². The van der Waals surface area contributed by atoms with Crippen LogP contribution in [0.4, 0.5) is 0 Å². The third kappa shape index (κ3) is 9.05. The number of carboxylic acid groups (broad SMARTS) is 1. The highest BCUT2D eigenvalue weighted by Gasteiger charge is 2.16. The minimum atomic E-state index is -1.20. The molecule has 1 unspecified atom stereocenters. The van der Waals surface area contributed by atoms with Crippen LogP contribution in [0.5, 0.6) is 5.75 Å². The van der Waals surface area contributed by atoms with Crippen LogP contribution in [0.15, 0.2) is 60.7 Å². The molecule has 2 aromatic carbocycles. The van der Waals surface area contributed by atoms with Gasteiger partial charge in [0.15, 0.2) is 0 Å². The van der Waals surface area contributed by atoms with Gasteiger partial charge in [0.1, 0.15) is 18.5 Å². The molecule has 166 valence electrons. The molecule has 0 heterocycles. The summed E-state index contributed by atoms with van der Waals surface area (Å²) in [4.78, 5) is 24.3. The van der Waals surface area contributed by atoms with Crippen molar-refractivity contribution in [2.75, 3.05) is 27.2 Å². The summed E-state index contributed by atoms with van der Waals surface area (Å²) in [5.74, 6) is -1.15. The first-order chi connectivity index (χ1) is 14.9. The Morgan fingerprint density at radius 3 is 2.32 bits per heavy atom. The molecule has 0 bridgehead atoms. The van der Waals surface area contributed by atoms with Crippen molar-refractivity contribution in [1.29, 1.82) is 0 Å². The fraction of sp³-hybridized carbons (Fsp3) is 0.360. The Kier molecular flexibility index (Phi) is 9.78. The van der Waals surface area contributed by atoms with Crippen molar-refractivity contribution >= 4 is 11.9 Å². The molecule has 6 heteroatoms. The predicted molar refractivity (Wildman–Crippen MR) is 120 cm³/mol. The van der Waals surface area contributed by atoms with Crippen molar-refractivity contribution in [2.45, 2.75) is 32.3 Å². The standard InChI is InChI=1S/C25H31NO5/c1-4-19-9-11-20(12-10-19)13-14-21-7-5-6-8-23(21)30-18-22(17-26(2)3)31-25(29)16-15-24(27)28/h5-12,15-16,22H,4,13-14,17-18H2,1-3H3,(H,27,28)/b16-15+. The lowest BCUT2D eigenvalue weighted by molar-refractivity contribution is -0.145. The Morgan fingerprint density at radius 2 is 1.68 bits per heavy atom. The number of benzene rings is 2. The molecule has 0 aliphatic heterocycles. The molecule has 1 atom stereocenters. The Labute approximate surface area is 184 Å². The Bertz CT molecular complexity index is 874. The molecule has 0 aliphatic rings. The Morgan fingerprint density at radius 1 is 1.00 bits per heavy atom. The summed E-state index contributed by atoms with van der Waals surface area (Å²) >= 11 is 0. The summed E-state index contributed by atoms with van der Waals surface area (Å²) in [7, 11) is 3.73. The number of esters is 1. The molecule has 0 saturated heterocycles. The van der Waals surface area contributed by atoms with E-state index in [2.05, 4.69) is 31.2 Å². The molecule has 6 nitrogen and oxygen atoms in total. The van der Waals surface area contributed by atoms with E-state index in [-0.39, 0.29) is 6.61 Å². The number of likely N-dealkylation sites (N-methyl/N-ethyl adjacent to an activating group) is 1. The number of ether oxygens (including phenoxy) is 2. The first kappa shape index (κ1) is 24.2. The van der Waals surface area contributed by atoms with E-state index in [1.54, 1.807) is 0 Å². The molecule has 2 aromatic rings. The Hall–Kier alpha value is -3.12. The van der Waals surface area contributed by atoms with Crippen LogP contribution >= 0.6 is 0 Å². The number of para-hydroxylation sites is 1.